The third-order valence-corrected chi connectivity index (χ3v) is 3.49. The van der Waals surface area contributed by atoms with Crippen LogP contribution in [0.1, 0.15) is 11.5 Å². The maximum atomic E-state index is 9.39. The number of anilines is 1. The molecular weight excluding hydrogens is 260 g/mol. The molecule has 0 aromatic carbocycles. The van der Waals surface area contributed by atoms with E-state index in [1.807, 2.05) is 13.8 Å². The van der Waals surface area contributed by atoms with Crippen LogP contribution in [0.5, 0.6) is 0 Å². The lowest BCUT2D eigenvalue weighted by molar-refractivity contribution is 0.0959. The van der Waals surface area contributed by atoms with Gasteiger partial charge in [-0.05, 0) is 13.8 Å². The number of nitrogens with zero attached hydrogens (tertiary/aromatic N) is 4. The van der Waals surface area contributed by atoms with E-state index in [1.165, 1.54) is 0 Å². The molecule has 1 aliphatic heterocycles. The Morgan fingerprint density at radius 3 is 3.00 bits per heavy atom. The van der Waals surface area contributed by atoms with Crippen molar-refractivity contribution in [1.29, 1.82) is 0 Å². The first-order chi connectivity index (χ1) is 9.69. The van der Waals surface area contributed by atoms with Crippen LogP contribution < -0.4 is 4.90 Å². The number of ether oxygens (including phenoxy) is 1. The van der Waals surface area contributed by atoms with Crippen LogP contribution in [0.2, 0.25) is 0 Å². The van der Waals surface area contributed by atoms with Crippen molar-refractivity contribution in [2.75, 3.05) is 37.8 Å². The Hall–Kier alpha value is -1.73. The first-order valence-electron chi connectivity index (χ1n) is 6.73. The van der Waals surface area contributed by atoms with E-state index in [9.17, 15) is 5.11 Å². The summed E-state index contributed by atoms with van der Waals surface area (Å²) in [5, 5.41) is 14.2. The molecule has 1 fully saturated rings. The van der Waals surface area contributed by atoms with Crippen molar-refractivity contribution < 1.29 is 14.4 Å². The number of aliphatic hydroxyl groups is 1. The van der Waals surface area contributed by atoms with Gasteiger partial charge in [0.1, 0.15) is 17.0 Å². The second kappa shape index (κ2) is 5.34. The molecule has 7 nitrogen and oxygen atoms in total. The molecular formula is C13H18N4O3. The van der Waals surface area contributed by atoms with Crippen molar-refractivity contribution in [3.8, 4) is 0 Å². The van der Waals surface area contributed by atoms with Gasteiger partial charge in [-0.25, -0.2) is 4.98 Å². The molecule has 0 amide bonds. The Morgan fingerprint density at radius 1 is 1.35 bits per heavy atom. The van der Waals surface area contributed by atoms with Crippen molar-refractivity contribution in [3.63, 3.8) is 0 Å². The maximum Gasteiger partial charge on any atom is 0.263 e. The molecule has 0 bridgehead atoms. The van der Waals surface area contributed by atoms with Gasteiger partial charge in [0.15, 0.2) is 0 Å². The molecule has 3 heterocycles. The standard InChI is InChI=1S/C13H18N4O3/c1-8-11-12(14-9(2)15-13(11)20-16-8)17-3-4-19-7-10(5-17)6-18/h10,18H,3-7H2,1-2H3/t10-/m1/s1. The Kier molecular flexibility index (Phi) is 3.54. The monoisotopic (exact) mass is 278 g/mol. The summed E-state index contributed by atoms with van der Waals surface area (Å²) in [6.07, 6.45) is 0. The maximum absolute atomic E-state index is 9.39. The molecule has 0 saturated carbocycles. The van der Waals surface area contributed by atoms with Crippen molar-refractivity contribution >= 4 is 16.9 Å². The van der Waals surface area contributed by atoms with Gasteiger partial charge in [-0.15, -0.1) is 0 Å². The highest BCUT2D eigenvalue weighted by Crippen LogP contribution is 2.28. The van der Waals surface area contributed by atoms with Gasteiger partial charge in [0.25, 0.3) is 5.71 Å². The highest BCUT2D eigenvalue weighted by molar-refractivity contribution is 5.88. The predicted octanol–water partition coefficient (Wildman–Crippen LogP) is 0.680. The van der Waals surface area contributed by atoms with E-state index in [0.717, 1.165) is 23.4 Å². The van der Waals surface area contributed by atoms with Crippen LogP contribution in [0.15, 0.2) is 4.52 Å². The number of hydrogen-bond acceptors (Lipinski definition) is 7. The topological polar surface area (TPSA) is 84.5 Å². The number of fused-ring (bicyclic) bond motifs is 1. The first-order valence-corrected chi connectivity index (χ1v) is 6.73. The van der Waals surface area contributed by atoms with Gasteiger partial charge in [-0.3, -0.25) is 0 Å². The van der Waals surface area contributed by atoms with Crippen molar-refractivity contribution in [3.05, 3.63) is 11.5 Å². The van der Waals surface area contributed by atoms with Crippen LogP contribution in [0.3, 0.4) is 0 Å². The summed E-state index contributed by atoms with van der Waals surface area (Å²) in [6.45, 7) is 6.43. The zero-order chi connectivity index (χ0) is 14.1. The molecule has 2 aromatic heterocycles. The van der Waals surface area contributed by atoms with Crippen LogP contribution >= 0.6 is 0 Å². The third kappa shape index (κ3) is 2.34. The summed E-state index contributed by atoms with van der Waals surface area (Å²) in [7, 11) is 0. The molecule has 1 atom stereocenters. The second-order valence-electron chi connectivity index (χ2n) is 5.11. The minimum Gasteiger partial charge on any atom is -0.396 e. The van der Waals surface area contributed by atoms with Gasteiger partial charge < -0.3 is 19.3 Å². The summed E-state index contributed by atoms with van der Waals surface area (Å²) in [6, 6.07) is 0. The van der Waals surface area contributed by atoms with E-state index in [1.54, 1.807) is 0 Å². The number of aromatic nitrogens is 3. The lowest BCUT2D eigenvalue weighted by atomic mass is 10.1. The lowest BCUT2D eigenvalue weighted by Gasteiger charge is -2.24. The van der Waals surface area contributed by atoms with Gasteiger partial charge in [0.05, 0.1) is 18.9 Å². The summed E-state index contributed by atoms with van der Waals surface area (Å²) in [5.41, 5.74) is 1.29. The van der Waals surface area contributed by atoms with Crippen LogP contribution in [-0.2, 0) is 4.74 Å². The van der Waals surface area contributed by atoms with E-state index in [2.05, 4.69) is 20.0 Å². The number of rotatable bonds is 2. The molecule has 2 aromatic rings. The molecule has 0 spiro atoms. The Balaban J connectivity index is 2.05. The van der Waals surface area contributed by atoms with Gasteiger partial charge in [-0.1, -0.05) is 5.16 Å². The van der Waals surface area contributed by atoms with Crippen LogP contribution in [0.25, 0.3) is 11.1 Å². The highest BCUT2D eigenvalue weighted by atomic mass is 16.5. The van der Waals surface area contributed by atoms with E-state index in [-0.39, 0.29) is 12.5 Å². The average Bonchev–Trinajstić information content (AvgIpc) is 2.67. The lowest BCUT2D eigenvalue weighted by Crippen LogP contribution is -2.32. The van der Waals surface area contributed by atoms with Gasteiger partial charge in [0.2, 0.25) is 0 Å². The minimum atomic E-state index is 0.0861. The van der Waals surface area contributed by atoms with Crippen LogP contribution in [-0.4, -0.2) is 53.1 Å². The Morgan fingerprint density at radius 2 is 2.20 bits per heavy atom. The van der Waals surface area contributed by atoms with Crippen molar-refractivity contribution in [2.45, 2.75) is 13.8 Å². The molecule has 20 heavy (non-hydrogen) atoms. The van der Waals surface area contributed by atoms with Crippen LogP contribution in [0.4, 0.5) is 5.82 Å². The SMILES string of the molecule is Cc1nc(N2CCOC[C@@H](CO)C2)c2c(C)noc2n1. The van der Waals surface area contributed by atoms with Crippen molar-refractivity contribution in [2.24, 2.45) is 5.92 Å². The zero-order valence-corrected chi connectivity index (χ0v) is 11.7. The summed E-state index contributed by atoms with van der Waals surface area (Å²) in [5.74, 6) is 1.55. The molecule has 1 aliphatic rings. The number of hydrogen-bond donors (Lipinski definition) is 1. The fraction of sp³-hybridized carbons (Fsp3) is 0.615. The van der Waals surface area contributed by atoms with Gasteiger partial charge in [0, 0.05) is 25.6 Å². The quantitative estimate of drug-likeness (QED) is 0.864. The molecule has 0 radical (unpaired) electrons. The predicted molar refractivity (Wildman–Crippen MR) is 72.7 cm³/mol. The minimum absolute atomic E-state index is 0.0861. The third-order valence-electron chi connectivity index (χ3n) is 3.49. The fourth-order valence-electron chi connectivity index (χ4n) is 2.48. The molecule has 108 valence electrons. The fourth-order valence-corrected chi connectivity index (χ4v) is 2.48. The van der Waals surface area contributed by atoms with Gasteiger partial charge in [-0.2, -0.15) is 4.98 Å². The van der Waals surface area contributed by atoms with Gasteiger partial charge >= 0.3 is 0 Å². The Labute approximate surface area is 116 Å². The molecule has 7 heteroatoms. The largest absolute Gasteiger partial charge is 0.396 e. The first kappa shape index (κ1) is 13.3. The molecule has 3 rings (SSSR count). The van der Waals surface area contributed by atoms with E-state index < -0.39 is 0 Å². The van der Waals surface area contributed by atoms with Crippen LogP contribution in [0, 0.1) is 19.8 Å². The van der Waals surface area contributed by atoms with E-state index >= 15 is 0 Å². The normalized spacial score (nSPS) is 20.4. The number of aryl methyl sites for hydroxylation is 2. The zero-order valence-electron chi connectivity index (χ0n) is 11.7. The molecule has 0 aliphatic carbocycles. The van der Waals surface area contributed by atoms with E-state index in [0.29, 0.717) is 31.3 Å². The summed E-state index contributed by atoms with van der Waals surface area (Å²) >= 11 is 0. The highest BCUT2D eigenvalue weighted by Gasteiger charge is 2.23. The molecule has 1 N–H and O–H groups in total. The van der Waals surface area contributed by atoms with E-state index in [4.69, 9.17) is 9.26 Å². The second-order valence-corrected chi connectivity index (χ2v) is 5.11. The summed E-state index contributed by atoms with van der Waals surface area (Å²) in [4.78, 5) is 10.9. The Bertz CT molecular complexity index is 613. The smallest absolute Gasteiger partial charge is 0.263 e. The molecule has 1 saturated heterocycles. The average molecular weight is 278 g/mol. The molecule has 0 unspecified atom stereocenters. The van der Waals surface area contributed by atoms with Crippen molar-refractivity contribution in [1.82, 2.24) is 15.1 Å². The summed E-state index contributed by atoms with van der Waals surface area (Å²) < 4.78 is 10.8. The number of aliphatic hydroxyl groups excluding tert-OH is 1.